The molecule has 1 aromatic heterocycles. The quantitative estimate of drug-likeness (QED) is 0.669. The zero-order valence-electron chi connectivity index (χ0n) is 18.0. The van der Waals surface area contributed by atoms with Crippen LogP contribution in [0.4, 0.5) is 5.69 Å². The summed E-state index contributed by atoms with van der Waals surface area (Å²) in [6.07, 6.45) is 4.89. The third kappa shape index (κ3) is 4.28. The molecule has 162 valence electrons. The van der Waals surface area contributed by atoms with Crippen LogP contribution < -0.4 is 5.32 Å². The van der Waals surface area contributed by atoms with Crippen LogP contribution in [-0.2, 0) is 16.0 Å². The Morgan fingerprint density at radius 2 is 1.69 bits per heavy atom. The molecule has 0 bridgehead atoms. The van der Waals surface area contributed by atoms with E-state index in [1.165, 1.54) is 11.1 Å². The smallest absolute Gasteiger partial charge is 0.230 e. The fourth-order valence-electron chi connectivity index (χ4n) is 4.86. The number of hydrogen-bond acceptors (Lipinski definition) is 3. The average molecular weight is 426 g/mol. The van der Waals surface area contributed by atoms with Crippen LogP contribution in [0.25, 0.3) is 0 Å². The maximum absolute atomic E-state index is 13.3. The lowest BCUT2D eigenvalue weighted by atomic mass is 9.87. The highest BCUT2D eigenvalue weighted by atomic mass is 16.2. The fourth-order valence-corrected chi connectivity index (χ4v) is 4.86. The molecule has 1 atom stereocenters. The number of fused-ring (bicyclic) bond motifs is 1. The first-order chi connectivity index (χ1) is 15.7. The largest absolute Gasteiger partial charge is 0.342 e. The van der Waals surface area contributed by atoms with Crippen molar-refractivity contribution in [2.24, 2.45) is 0 Å². The van der Waals surface area contributed by atoms with Crippen molar-refractivity contribution in [3.05, 3.63) is 95.3 Å². The first-order valence-electron chi connectivity index (χ1n) is 11.3. The summed E-state index contributed by atoms with van der Waals surface area (Å²) in [6.45, 7) is 1.41. The molecule has 2 aliphatic heterocycles. The number of para-hydroxylation sites is 1. The molecule has 1 fully saturated rings. The van der Waals surface area contributed by atoms with E-state index in [4.69, 9.17) is 4.98 Å². The molecule has 1 saturated heterocycles. The van der Waals surface area contributed by atoms with Crippen LogP contribution >= 0.6 is 0 Å². The molecule has 0 radical (unpaired) electrons. The second-order valence-corrected chi connectivity index (χ2v) is 8.75. The monoisotopic (exact) mass is 425 g/mol. The molecule has 3 heterocycles. The number of carbonyl (C=O) groups excluding carboxylic acids is 2. The van der Waals surface area contributed by atoms with Crippen molar-refractivity contribution in [1.82, 2.24) is 9.88 Å². The van der Waals surface area contributed by atoms with Gasteiger partial charge in [0, 0.05) is 43.0 Å². The minimum absolute atomic E-state index is 0.0666. The van der Waals surface area contributed by atoms with E-state index < -0.39 is 0 Å². The molecule has 3 aromatic rings. The van der Waals surface area contributed by atoms with Gasteiger partial charge < -0.3 is 10.2 Å². The SMILES string of the molecule is O=C1C[C@@H](C(=O)N2CCC(c3ccc(Cc4ccccc4)cn3)CC2)c2ccccc2N1. The molecule has 5 heteroatoms. The van der Waals surface area contributed by atoms with Crippen LogP contribution in [0.5, 0.6) is 0 Å². The van der Waals surface area contributed by atoms with Crippen molar-refractivity contribution in [3.8, 4) is 0 Å². The lowest BCUT2D eigenvalue weighted by Crippen LogP contribution is -2.42. The molecule has 0 aliphatic carbocycles. The number of nitrogens with zero attached hydrogens (tertiary/aromatic N) is 2. The summed E-state index contributed by atoms with van der Waals surface area (Å²) in [6, 6.07) is 22.4. The first-order valence-corrected chi connectivity index (χ1v) is 11.3. The van der Waals surface area contributed by atoms with Gasteiger partial charge >= 0.3 is 0 Å². The van der Waals surface area contributed by atoms with Crippen LogP contribution in [-0.4, -0.2) is 34.8 Å². The second kappa shape index (κ2) is 8.95. The Balaban J connectivity index is 1.21. The molecule has 2 amide bonds. The van der Waals surface area contributed by atoms with Crippen molar-refractivity contribution in [2.75, 3.05) is 18.4 Å². The molecule has 2 aromatic carbocycles. The van der Waals surface area contributed by atoms with Gasteiger partial charge in [0.05, 0.1) is 5.92 Å². The van der Waals surface area contributed by atoms with Crippen molar-refractivity contribution < 1.29 is 9.59 Å². The summed E-state index contributed by atoms with van der Waals surface area (Å²) in [7, 11) is 0. The Morgan fingerprint density at radius 1 is 0.938 bits per heavy atom. The first kappa shape index (κ1) is 20.4. The molecule has 5 rings (SSSR count). The Hall–Kier alpha value is -3.47. The van der Waals surface area contributed by atoms with E-state index in [0.717, 1.165) is 36.2 Å². The van der Waals surface area contributed by atoms with Gasteiger partial charge in [-0.05, 0) is 48.1 Å². The maximum Gasteiger partial charge on any atom is 0.230 e. The van der Waals surface area contributed by atoms with Gasteiger partial charge in [0.2, 0.25) is 11.8 Å². The lowest BCUT2D eigenvalue weighted by molar-refractivity contribution is -0.135. The Bertz CT molecular complexity index is 1100. The molecule has 5 nitrogen and oxygen atoms in total. The number of benzene rings is 2. The van der Waals surface area contributed by atoms with Crippen molar-refractivity contribution in [1.29, 1.82) is 0 Å². The normalized spacial score (nSPS) is 18.7. The topological polar surface area (TPSA) is 62.3 Å². The van der Waals surface area contributed by atoms with E-state index in [-0.39, 0.29) is 24.2 Å². The number of hydrogen-bond donors (Lipinski definition) is 1. The van der Waals surface area contributed by atoms with Gasteiger partial charge in [-0.2, -0.15) is 0 Å². The zero-order chi connectivity index (χ0) is 21.9. The number of anilines is 1. The molecule has 0 spiro atoms. The van der Waals surface area contributed by atoms with Gasteiger partial charge in [-0.15, -0.1) is 0 Å². The van der Waals surface area contributed by atoms with Crippen LogP contribution in [0.15, 0.2) is 72.9 Å². The van der Waals surface area contributed by atoms with E-state index in [1.807, 2.05) is 41.4 Å². The molecule has 0 unspecified atom stereocenters. The third-order valence-corrected chi connectivity index (χ3v) is 6.62. The Kier molecular flexibility index (Phi) is 5.71. The van der Waals surface area contributed by atoms with E-state index >= 15 is 0 Å². The predicted octanol–water partition coefficient (Wildman–Crippen LogP) is 4.50. The molecule has 32 heavy (non-hydrogen) atoms. The minimum atomic E-state index is -0.383. The van der Waals surface area contributed by atoms with E-state index in [0.29, 0.717) is 19.0 Å². The number of carbonyl (C=O) groups is 2. The predicted molar refractivity (Wildman–Crippen MR) is 124 cm³/mol. The zero-order valence-corrected chi connectivity index (χ0v) is 18.0. The summed E-state index contributed by atoms with van der Waals surface area (Å²) >= 11 is 0. The Morgan fingerprint density at radius 3 is 2.44 bits per heavy atom. The highest BCUT2D eigenvalue weighted by Gasteiger charge is 2.35. The highest BCUT2D eigenvalue weighted by molar-refractivity contribution is 6.01. The van der Waals surface area contributed by atoms with E-state index in [9.17, 15) is 9.59 Å². The number of aromatic nitrogens is 1. The van der Waals surface area contributed by atoms with Gasteiger partial charge in [0.25, 0.3) is 0 Å². The summed E-state index contributed by atoms with van der Waals surface area (Å²) in [4.78, 5) is 32.0. The van der Waals surface area contributed by atoms with Crippen LogP contribution in [0, 0.1) is 0 Å². The summed E-state index contributed by atoms with van der Waals surface area (Å²) in [5.74, 6) is -0.0349. The third-order valence-electron chi connectivity index (χ3n) is 6.62. The van der Waals surface area contributed by atoms with Crippen LogP contribution in [0.2, 0.25) is 0 Å². The maximum atomic E-state index is 13.3. The van der Waals surface area contributed by atoms with Crippen molar-refractivity contribution in [2.45, 2.75) is 37.5 Å². The fraction of sp³-hybridized carbons (Fsp3) is 0.296. The lowest BCUT2D eigenvalue weighted by Gasteiger charge is -2.35. The summed E-state index contributed by atoms with van der Waals surface area (Å²) in [5.41, 5.74) is 5.29. The molecular formula is C27H27N3O2. The number of rotatable bonds is 4. The number of amides is 2. The van der Waals surface area contributed by atoms with E-state index in [1.54, 1.807) is 0 Å². The Labute approximate surface area is 188 Å². The summed E-state index contributed by atoms with van der Waals surface area (Å²) in [5, 5.41) is 2.88. The standard InChI is InChI=1S/C27H27N3O2/c31-26-17-23(22-8-4-5-9-25(22)29-26)27(32)30-14-12-21(13-15-30)24-11-10-20(18-28-24)16-19-6-2-1-3-7-19/h1-11,18,21,23H,12-17H2,(H,29,31)/t23-/m1/s1. The second-order valence-electron chi connectivity index (χ2n) is 8.75. The molecule has 0 saturated carbocycles. The van der Waals surface area contributed by atoms with Gasteiger partial charge in [-0.1, -0.05) is 54.6 Å². The van der Waals surface area contributed by atoms with Crippen molar-refractivity contribution in [3.63, 3.8) is 0 Å². The van der Waals surface area contributed by atoms with Crippen molar-refractivity contribution >= 4 is 17.5 Å². The number of likely N-dealkylation sites (tertiary alicyclic amines) is 1. The number of piperidine rings is 1. The number of nitrogens with one attached hydrogen (secondary N) is 1. The summed E-state index contributed by atoms with van der Waals surface area (Å²) < 4.78 is 0. The molecule has 2 aliphatic rings. The molecule has 1 N–H and O–H groups in total. The van der Waals surface area contributed by atoms with Crippen LogP contribution in [0.1, 0.15) is 53.5 Å². The minimum Gasteiger partial charge on any atom is -0.342 e. The van der Waals surface area contributed by atoms with Gasteiger partial charge in [0.1, 0.15) is 0 Å². The molecular weight excluding hydrogens is 398 g/mol. The van der Waals surface area contributed by atoms with Crippen LogP contribution in [0.3, 0.4) is 0 Å². The number of pyridine rings is 1. The average Bonchev–Trinajstić information content (AvgIpc) is 2.84. The van der Waals surface area contributed by atoms with Gasteiger partial charge in [-0.25, -0.2) is 0 Å². The van der Waals surface area contributed by atoms with Gasteiger partial charge in [0.15, 0.2) is 0 Å². The van der Waals surface area contributed by atoms with Gasteiger partial charge in [-0.3, -0.25) is 14.6 Å². The van der Waals surface area contributed by atoms with E-state index in [2.05, 4.69) is 41.7 Å². The highest BCUT2D eigenvalue weighted by Crippen LogP contribution is 2.35.